The van der Waals surface area contributed by atoms with Gasteiger partial charge in [0.25, 0.3) is 0 Å². The molecule has 0 aliphatic rings. The average Bonchev–Trinajstić information content (AvgIpc) is 2.60. The Morgan fingerprint density at radius 2 is 1.60 bits per heavy atom. The average molecular weight is 530 g/mol. The maximum atomic E-state index is 12.5. The monoisotopic (exact) mass is 529 g/mol. The number of hydrogen-bond donors (Lipinski definition) is 1. The molecule has 0 aliphatic carbocycles. The molecule has 1 unspecified atom stereocenters. The third-order valence-corrected chi connectivity index (χ3v) is 10.7. The van der Waals surface area contributed by atoms with Crippen LogP contribution in [0.1, 0.15) is 79.5 Å². The van der Waals surface area contributed by atoms with Crippen LogP contribution in [0.2, 0.25) is 18.1 Å². The normalized spacial score (nSPS) is 14.4. The van der Waals surface area contributed by atoms with Crippen LogP contribution in [0.5, 0.6) is 5.75 Å². The maximum absolute atomic E-state index is 12.5. The molecular weight excluding hydrogens is 481 g/mol. The Kier molecular flexibility index (Phi) is 10.3. The van der Waals surface area contributed by atoms with E-state index in [1.807, 2.05) is 32.9 Å². The zero-order valence-electron chi connectivity index (χ0n) is 24.1. The van der Waals surface area contributed by atoms with Crippen molar-refractivity contribution in [3.05, 3.63) is 29.3 Å². The molecule has 0 fully saturated rings. The molecule has 1 rings (SSSR count). The fourth-order valence-corrected chi connectivity index (χ4v) is 4.33. The fourth-order valence-electron chi connectivity index (χ4n) is 2.73. The molecule has 1 atom stereocenters. The van der Waals surface area contributed by atoms with Gasteiger partial charge in [0.1, 0.15) is 17.5 Å². The predicted molar refractivity (Wildman–Crippen MR) is 146 cm³/mol. The smallest absolute Gasteiger partial charge is 0.443 e. The van der Waals surface area contributed by atoms with Gasteiger partial charge in [-0.15, -0.1) is 0 Å². The maximum Gasteiger partial charge on any atom is 0.509 e. The molecule has 0 heterocycles. The second kappa shape index (κ2) is 11.4. The Morgan fingerprint density at radius 1 is 1.03 bits per heavy atom. The molecule has 1 aromatic carbocycles. The first-order valence-electron chi connectivity index (χ1n) is 12.2. The number of carbonyl (C=O) groups is 1. The molecule has 202 valence electrons. The molecule has 0 radical (unpaired) electrons. The van der Waals surface area contributed by atoms with E-state index in [0.717, 1.165) is 11.1 Å². The number of ether oxygens (including phenoxy) is 2. The van der Waals surface area contributed by atoms with Crippen LogP contribution in [0.15, 0.2) is 18.2 Å². The summed E-state index contributed by atoms with van der Waals surface area (Å²) >= 11 is 0. The molecule has 0 saturated heterocycles. The van der Waals surface area contributed by atoms with Crippen molar-refractivity contribution in [1.82, 2.24) is 5.32 Å². The number of carbonyl (C=O) groups excluding carboxylic acids is 1. The lowest BCUT2D eigenvalue weighted by molar-refractivity contribution is -0.0282. The minimum Gasteiger partial charge on any atom is -0.443 e. The molecule has 35 heavy (non-hydrogen) atoms. The lowest BCUT2D eigenvalue weighted by Gasteiger charge is -2.36. The highest BCUT2D eigenvalue weighted by Crippen LogP contribution is 2.42. The topological polar surface area (TPSA) is 83.1 Å². The highest BCUT2D eigenvalue weighted by atomic mass is 31.2. The molecule has 0 bridgehead atoms. The van der Waals surface area contributed by atoms with Gasteiger partial charge in [0, 0.05) is 31.0 Å². The first kappa shape index (κ1) is 31.7. The molecule has 7 nitrogen and oxygen atoms in total. The zero-order chi connectivity index (χ0) is 27.5. The number of rotatable bonds is 9. The predicted octanol–water partition coefficient (Wildman–Crippen LogP) is 7.51. The minimum atomic E-state index is -2.79. The van der Waals surface area contributed by atoms with E-state index in [9.17, 15) is 9.36 Å². The van der Waals surface area contributed by atoms with Gasteiger partial charge in [-0.25, -0.2) is 4.79 Å². The summed E-state index contributed by atoms with van der Waals surface area (Å²) in [6, 6.07) is 5.53. The summed E-state index contributed by atoms with van der Waals surface area (Å²) in [5.41, 5.74) is 0.701. The van der Waals surface area contributed by atoms with Crippen LogP contribution in [0.3, 0.4) is 0 Å². The number of hydrogen-bond acceptors (Lipinski definition) is 7. The number of nitrogens with one attached hydrogen (secondary N) is 1. The van der Waals surface area contributed by atoms with Crippen molar-refractivity contribution >= 4 is 21.8 Å². The highest BCUT2D eigenvalue weighted by molar-refractivity contribution is 7.57. The van der Waals surface area contributed by atoms with Crippen molar-refractivity contribution in [3.8, 4) is 5.75 Å². The van der Waals surface area contributed by atoms with E-state index < -0.39 is 33.5 Å². The Labute approximate surface area is 214 Å². The van der Waals surface area contributed by atoms with Crippen LogP contribution >= 0.6 is 7.37 Å². The summed E-state index contributed by atoms with van der Waals surface area (Å²) in [4.78, 5) is 12.5. The van der Waals surface area contributed by atoms with E-state index in [2.05, 4.69) is 39.2 Å². The second-order valence-corrected chi connectivity index (χ2v) is 20.5. The lowest BCUT2D eigenvalue weighted by atomic mass is 10.0. The Bertz CT molecular complexity index is 906. The molecule has 1 N–H and O–H groups in total. The summed E-state index contributed by atoms with van der Waals surface area (Å²) in [7, 11) is -4.84. The molecular formula is C26H48NO6PSi. The molecule has 9 heteroatoms. The highest BCUT2D eigenvalue weighted by Gasteiger charge is 2.37. The summed E-state index contributed by atoms with van der Waals surface area (Å²) in [5.74, 6) is 0.514. The SMILES string of the molecule is CC(C)(C)NCC(OC(=O)OC(C)(C)C)c1ccc(OP(C)(C)=O)c(CO[Si](C)(C)C(C)(C)C)c1. The summed E-state index contributed by atoms with van der Waals surface area (Å²) in [6.45, 7) is 26.3. The minimum absolute atomic E-state index is 0.0371. The first-order chi connectivity index (χ1) is 15.5. The largest absolute Gasteiger partial charge is 0.509 e. The third-order valence-electron chi connectivity index (χ3n) is 5.62. The van der Waals surface area contributed by atoms with Crippen molar-refractivity contribution in [2.45, 2.75) is 104 Å². The first-order valence-corrected chi connectivity index (χ1v) is 17.6. The number of benzene rings is 1. The van der Waals surface area contributed by atoms with Crippen molar-refractivity contribution in [1.29, 1.82) is 0 Å². The molecule has 0 spiro atoms. The van der Waals surface area contributed by atoms with Crippen LogP contribution in [0.4, 0.5) is 4.79 Å². The quantitative estimate of drug-likeness (QED) is 0.201. The van der Waals surface area contributed by atoms with Crippen LogP contribution in [-0.4, -0.2) is 45.5 Å². The van der Waals surface area contributed by atoms with Crippen LogP contribution < -0.4 is 9.84 Å². The Balaban J connectivity index is 3.38. The van der Waals surface area contributed by atoms with Crippen molar-refractivity contribution in [2.75, 3.05) is 19.9 Å². The van der Waals surface area contributed by atoms with E-state index >= 15 is 0 Å². The second-order valence-electron chi connectivity index (χ2n) is 13.0. The molecule has 0 aromatic heterocycles. The Morgan fingerprint density at radius 3 is 2.06 bits per heavy atom. The van der Waals surface area contributed by atoms with E-state index in [-0.39, 0.29) is 10.6 Å². The fraction of sp³-hybridized carbons (Fsp3) is 0.731. The molecule has 1 aromatic rings. The molecule has 0 aliphatic heterocycles. The van der Waals surface area contributed by atoms with E-state index in [0.29, 0.717) is 18.9 Å². The van der Waals surface area contributed by atoms with Crippen LogP contribution in [0.25, 0.3) is 0 Å². The lowest BCUT2D eigenvalue weighted by Crippen LogP contribution is -2.40. The van der Waals surface area contributed by atoms with Crippen molar-refractivity contribution in [3.63, 3.8) is 0 Å². The summed E-state index contributed by atoms with van der Waals surface area (Å²) < 4.78 is 35.9. The summed E-state index contributed by atoms with van der Waals surface area (Å²) in [5, 5.41) is 3.44. The van der Waals surface area contributed by atoms with Gasteiger partial charge in [0.05, 0.1) is 6.61 Å². The zero-order valence-corrected chi connectivity index (χ0v) is 26.0. The van der Waals surface area contributed by atoms with Crippen LogP contribution in [0, 0.1) is 0 Å². The third kappa shape index (κ3) is 12.0. The molecule has 0 amide bonds. The van der Waals surface area contributed by atoms with Crippen LogP contribution in [-0.2, 0) is 25.1 Å². The van der Waals surface area contributed by atoms with Gasteiger partial charge in [0.15, 0.2) is 8.32 Å². The Hall–Kier alpha value is -1.34. The van der Waals surface area contributed by atoms with Gasteiger partial charge in [0.2, 0.25) is 7.37 Å². The van der Waals surface area contributed by atoms with Gasteiger partial charge in [-0.3, -0.25) is 4.57 Å². The molecule has 0 saturated carbocycles. The van der Waals surface area contributed by atoms with Crippen molar-refractivity contribution in [2.24, 2.45) is 0 Å². The standard InChI is InChI=1S/C26H48NO6PSi/c1-24(2,3)27-17-22(31-23(28)32-25(4,5)6)19-14-15-21(33-34(10,11)29)20(16-19)18-30-35(12,13)26(7,8)9/h14-16,22,27H,17-18H2,1-13H3. The van der Waals surface area contributed by atoms with Gasteiger partial charge in [-0.05, 0) is 77.4 Å². The van der Waals surface area contributed by atoms with Gasteiger partial charge in [-0.2, -0.15) is 0 Å². The van der Waals surface area contributed by atoms with Crippen molar-refractivity contribution < 1.29 is 27.8 Å². The van der Waals surface area contributed by atoms with E-state index in [1.165, 1.54) is 0 Å². The van der Waals surface area contributed by atoms with E-state index in [1.54, 1.807) is 40.2 Å². The van der Waals surface area contributed by atoms with Gasteiger partial charge >= 0.3 is 6.16 Å². The van der Waals surface area contributed by atoms with Gasteiger partial charge < -0.3 is 23.7 Å². The van der Waals surface area contributed by atoms with Gasteiger partial charge in [-0.1, -0.05) is 26.8 Å². The van der Waals surface area contributed by atoms with E-state index in [4.69, 9.17) is 18.4 Å². The summed E-state index contributed by atoms with van der Waals surface area (Å²) in [6.07, 6.45) is -1.33.